The normalized spacial score (nSPS) is 11.7. The van der Waals surface area contributed by atoms with E-state index in [1.54, 1.807) is 18.3 Å². The van der Waals surface area contributed by atoms with E-state index in [1.165, 1.54) is 7.11 Å². The fourth-order valence-electron chi connectivity index (χ4n) is 1.47. The molecule has 0 aliphatic rings. The Balaban J connectivity index is 2.47. The van der Waals surface area contributed by atoms with Gasteiger partial charge in [-0.1, -0.05) is 6.07 Å². The molecule has 1 aromatic heterocycles. The lowest BCUT2D eigenvalue weighted by atomic mass is 10.1. The molecule has 1 aromatic rings. The summed E-state index contributed by atoms with van der Waals surface area (Å²) in [5, 5.41) is 11.1. The molecule has 7 heteroatoms. The molecule has 0 saturated carbocycles. The maximum Gasteiger partial charge on any atom is 0.303 e. The Kier molecular flexibility index (Phi) is 5.74. The molecule has 0 radical (unpaired) electrons. The zero-order chi connectivity index (χ0) is 14.3. The van der Waals surface area contributed by atoms with Crippen molar-refractivity contribution in [2.45, 2.75) is 25.4 Å². The van der Waals surface area contributed by atoms with Crippen LogP contribution in [0.25, 0.3) is 0 Å². The number of pyridine rings is 1. The van der Waals surface area contributed by atoms with E-state index in [4.69, 9.17) is 15.6 Å². The van der Waals surface area contributed by atoms with E-state index in [0.29, 0.717) is 5.88 Å². The lowest BCUT2D eigenvalue weighted by Crippen LogP contribution is -2.40. The molecule has 1 amide bonds. The van der Waals surface area contributed by atoms with Gasteiger partial charge >= 0.3 is 5.97 Å². The lowest BCUT2D eigenvalue weighted by Gasteiger charge is -2.12. The van der Waals surface area contributed by atoms with Crippen molar-refractivity contribution >= 4 is 11.9 Å². The molecule has 7 nitrogen and oxygen atoms in total. The predicted molar refractivity (Wildman–Crippen MR) is 67.5 cm³/mol. The first-order chi connectivity index (χ1) is 9.04. The van der Waals surface area contributed by atoms with Gasteiger partial charge in [0.25, 0.3) is 0 Å². The highest BCUT2D eigenvalue weighted by Gasteiger charge is 2.15. The zero-order valence-electron chi connectivity index (χ0n) is 10.6. The van der Waals surface area contributed by atoms with Crippen LogP contribution in [-0.2, 0) is 16.1 Å². The molecule has 19 heavy (non-hydrogen) atoms. The summed E-state index contributed by atoms with van der Waals surface area (Å²) < 4.78 is 5.05. The Morgan fingerprint density at radius 3 is 2.95 bits per heavy atom. The Hall–Kier alpha value is -2.15. The van der Waals surface area contributed by atoms with Crippen LogP contribution in [-0.4, -0.2) is 35.1 Å². The molecule has 0 aliphatic carbocycles. The first-order valence-electron chi connectivity index (χ1n) is 5.77. The van der Waals surface area contributed by atoms with E-state index < -0.39 is 17.9 Å². The number of aliphatic carboxylic acids is 1. The lowest BCUT2D eigenvalue weighted by molar-refractivity contribution is -0.137. The summed E-state index contributed by atoms with van der Waals surface area (Å²) in [6.07, 6.45) is 1.55. The van der Waals surface area contributed by atoms with Crippen LogP contribution in [0.3, 0.4) is 0 Å². The van der Waals surface area contributed by atoms with Crippen LogP contribution in [0, 0.1) is 0 Å². The van der Waals surface area contributed by atoms with Gasteiger partial charge in [0.2, 0.25) is 11.8 Å². The molecule has 0 saturated heterocycles. The Bertz CT molecular complexity index is 450. The smallest absolute Gasteiger partial charge is 0.303 e. The SMILES string of the molecule is COc1ncccc1CNC(=O)C(N)CCC(=O)O. The van der Waals surface area contributed by atoms with Gasteiger partial charge in [-0.15, -0.1) is 0 Å². The molecule has 1 unspecified atom stereocenters. The third-order valence-corrected chi connectivity index (χ3v) is 2.50. The number of nitrogens with two attached hydrogens (primary N) is 1. The second-order valence-electron chi connectivity index (χ2n) is 3.93. The van der Waals surface area contributed by atoms with Crippen molar-refractivity contribution < 1.29 is 19.4 Å². The summed E-state index contributed by atoms with van der Waals surface area (Å²) in [6.45, 7) is 0.233. The number of carboxylic acids is 1. The number of methoxy groups -OCH3 is 1. The van der Waals surface area contributed by atoms with Gasteiger partial charge in [-0.2, -0.15) is 0 Å². The van der Waals surface area contributed by atoms with Crippen molar-refractivity contribution in [1.29, 1.82) is 0 Å². The number of nitrogens with one attached hydrogen (secondary N) is 1. The number of ether oxygens (including phenoxy) is 1. The molecule has 0 aliphatic heterocycles. The van der Waals surface area contributed by atoms with Crippen LogP contribution in [0.5, 0.6) is 5.88 Å². The van der Waals surface area contributed by atoms with E-state index in [9.17, 15) is 9.59 Å². The number of hydrogen-bond donors (Lipinski definition) is 3. The summed E-state index contributed by atoms with van der Waals surface area (Å²) in [6, 6.07) is 2.67. The summed E-state index contributed by atoms with van der Waals surface area (Å²) >= 11 is 0. The largest absolute Gasteiger partial charge is 0.481 e. The van der Waals surface area contributed by atoms with Crippen molar-refractivity contribution in [3.63, 3.8) is 0 Å². The number of carboxylic acid groups (broad SMARTS) is 1. The van der Waals surface area contributed by atoms with E-state index in [1.807, 2.05) is 0 Å². The number of carbonyl (C=O) groups excluding carboxylic acids is 1. The highest BCUT2D eigenvalue weighted by Crippen LogP contribution is 2.12. The van der Waals surface area contributed by atoms with Gasteiger partial charge in [0, 0.05) is 24.7 Å². The molecule has 1 rings (SSSR count). The van der Waals surface area contributed by atoms with Crippen LogP contribution >= 0.6 is 0 Å². The first-order valence-corrected chi connectivity index (χ1v) is 5.77. The molecule has 104 valence electrons. The summed E-state index contributed by atoms with van der Waals surface area (Å²) in [7, 11) is 1.49. The quantitative estimate of drug-likeness (QED) is 0.635. The number of nitrogens with zero attached hydrogens (tertiary/aromatic N) is 1. The molecule has 0 fully saturated rings. The summed E-state index contributed by atoms with van der Waals surface area (Å²) in [4.78, 5) is 26.0. The van der Waals surface area contributed by atoms with Gasteiger partial charge in [-0.05, 0) is 12.5 Å². The zero-order valence-corrected chi connectivity index (χ0v) is 10.6. The summed E-state index contributed by atoms with van der Waals surface area (Å²) in [5.74, 6) is -0.939. The van der Waals surface area contributed by atoms with Gasteiger partial charge in [-0.25, -0.2) is 4.98 Å². The second kappa shape index (κ2) is 7.32. The Morgan fingerprint density at radius 1 is 1.58 bits per heavy atom. The molecule has 1 heterocycles. The highest BCUT2D eigenvalue weighted by molar-refractivity contribution is 5.82. The third-order valence-electron chi connectivity index (χ3n) is 2.50. The van der Waals surface area contributed by atoms with Gasteiger partial charge in [-0.3, -0.25) is 9.59 Å². The van der Waals surface area contributed by atoms with Gasteiger partial charge in [0.1, 0.15) is 0 Å². The molecule has 4 N–H and O–H groups in total. The minimum absolute atomic E-state index is 0.103. The highest BCUT2D eigenvalue weighted by atomic mass is 16.5. The maximum atomic E-state index is 11.6. The molecular weight excluding hydrogens is 250 g/mol. The monoisotopic (exact) mass is 267 g/mol. The maximum absolute atomic E-state index is 11.6. The number of rotatable bonds is 7. The number of aromatic nitrogens is 1. The average Bonchev–Trinajstić information content (AvgIpc) is 2.42. The minimum Gasteiger partial charge on any atom is -0.481 e. The van der Waals surface area contributed by atoms with Crippen molar-refractivity contribution in [3.8, 4) is 5.88 Å². The fraction of sp³-hybridized carbons (Fsp3) is 0.417. The van der Waals surface area contributed by atoms with E-state index in [2.05, 4.69) is 10.3 Å². The molecule has 1 atom stereocenters. The second-order valence-corrected chi connectivity index (χ2v) is 3.93. The van der Waals surface area contributed by atoms with Gasteiger partial charge < -0.3 is 20.9 Å². The number of hydrogen-bond acceptors (Lipinski definition) is 5. The van der Waals surface area contributed by atoms with Crippen LogP contribution in [0.4, 0.5) is 0 Å². The van der Waals surface area contributed by atoms with Crippen molar-refractivity contribution in [2.24, 2.45) is 5.73 Å². The van der Waals surface area contributed by atoms with E-state index in [-0.39, 0.29) is 19.4 Å². The molecular formula is C12H17N3O4. The summed E-state index contributed by atoms with van der Waals surface area (Å²) in [5.41, 5.74) is 6.30. The number of carbonyl (C=O) groups is 2. The predicted octanol–water partition coefficient (Wildman–Crippen LogP) is -0.101. The van der Waals surface area contributed by atoms with Crippen molar-refractivity contribution in [2.75, 3.05) is 7.11 Å². The van der Waals surface area contributed by atoms with E-state index >= 15 is 0 Å². The molecule has 0 bridgehead atoms. The van der Waals surface area contributed by atoms with Gasteiger partial charge in [0.15, 0.2) is 0 Å². The average molecular weight is 267 g/mol. The standard InChI is InChI=1S/C12H17N3O4/c1-19-12-8(3-2-6-14-12)7-15-11(18)9(13)4-5-10(16)17/h2-3,6,9H,4-5,7,13H2,1H3,(H,15,18)(H,16,17). The van der Waals surface area contributed by atoms with Crippen LogP contribution in [0.2, 0.25) is 0 Å². The van der Waals surface area contributed by atoms with Crippen LogP contribution < -0.4 is 15.8 Å². The minimum atomic E-state index is -0.975. The molecule has 0 aromatic carbocycles. The van der Waals surface area contributed by atoms with Crippen LogP contribution in [0.15, 0.2) is 18.3 Å². The molecule has 0 spiro atoms. The van der Waals surface area contributed by atoms with Crippen molar-refractivity contribution in [1.82, 2.24) is 10.3 Å². The fourth-order valence-corrected chi connectivity index (χ4v) is 1.47. The third kappa shape index (κ3) is 4.92. The Morgan fingerprint density at radius 2 is 2.32 bits per heavy atom. The van der Waals surface area contributed by atoms with E-state index in [0.717, 1.165) is 5.56 Å². The Labute approximate surface area is 110 Å². The van der Waals surface area contributed by atoms with Crippen LogP contribution in [0.1, 0.15) is 18.4 Å². The van der Waals surface area contributed by atoms with Gasteiger partial charge in [0.05, 0.1) is 13.2 Å². The topological polar surface area (TPSA) is 115 Å². The van der Waals surface area contributed by atoms with Crippen molar-refractivity contribution in [3.05, 3.63) is 23.9 Å². The number of amides is 1. The first kappa shape index (κ1) is 14.9.